The number of hydrogen-bond acceptors (Lipinski definition) is 5. The molecule has 212 valence electrons. The lowest BCUT2D eigenvalue weighted by Crippen LogP contribution is -2.39. The molecule has 3 heterocycles. The summed E-state index contributed by atoms with van der Waals surface area (Å²) in [5.74, 6) is 0. The van der Waals surface area contributed by atoms with Crippen LogP contribution in [0, 0.1) is 0 Å². The van der Waals surface area contributed by atoms with E-state index in [1.165, 1.54) is 28.2 Å². The summed E-state index contributed by atoms with van der Waals surface area (Å²) in [6.45, 7) is 3.28. The van der Waals surface area contributed by atoms with E-state index in [-0.39, 0.29) is 11.6 Å². The molecule has 1 fully saturated rings. The van der Waals surface area contributed by atoms with E-state index in [9.17, 15) is 4.79 Å². The Morgan fingerprint density at radius 1 is 0.833 bits per heavy atom. The van der Waals surface area contributed by atoms with Gasteiger partial charge >= 0.3 is 0 Å². The molecule has 8 heteroatoms. The topological polar surface area (TPSA) is 46.8 Å². The Kier molecular flexibility index (Phi) is 7.63. The molecule has 1 aliphatic carbocycles. The van der Waals surface area contributed by atoms with Crippen molar-refractivity contribution < 1.29 is 4.74 Å². The van der Waals surface area contributed by atoms with Gasteiger partial charge in [0.25, 0.3) is 5.56 Å². The minimum absolute atomic E-state index is 0.0173. The van der Waals surface area contributed by atoms with E-state index >= 15 is 0 Å². The van der Waals surface area contributed by atoms with E-state index < -0.39 is 0 Å². The number of fused-ring (bicyclic) bond motifs is 1. The van der Waals surface area contributed by atoms with Gasteiger partial charge in [-0.1, -0.05) is 70.9 Å². The summed E-state index contributed by atoms with van der Waals surface area (Å²) in [4.78, 5) is 22.2. The molecular weight excluding hydrogens is 585 g/mol. The SMILES string of the molecule is O=c1/c(=C\c2ccc(N3CCOCC3)cc2)sc2n1[C@@H](c1ccc(Cl)cc1)C1=C(N=2)/C(=C/c2ccc(Cl)cc2)CCC1. The first-order valence-corrected chi connectivity index (χ1v) is 15.8. The van der Waals surface area contributed by atoms with Crippen molar-refractivity contribution in [3.05, 3.63) is 136 Å². The zero-order chi connectivity index (χ0) is 28.6. The summed E-state index contributed by atoms with van der Waals surface area (Å²) >= 11 is 13.9. The Balaban J connectivity index is 1.34. The third-order valence-corrected chi connectivity index (χ3v) is 9.58. The van der Waals surface area contributed by atoms with Gasteiger partial charge in [-0.3, -0.25) is 9.36 Å². The highest BCUT2D eigenvalue weighted by molar-refractivity contribution is 7.07. The number of ether oxygens (including phenoxy) is 1. The summed E-state index contributed by atoms with van der Waals surface area (Å²) in [5, 5.41) is 1.39. The Hall–Kier alpha value is -3.42. The van der Waals surface area contributed by atoms with Crippen LogP contribution in [0.1, 0.15) is 42.0 Å². The molecule has 0 N–H and O–H groups in total. The molecule has 3 aromatic carbocycles. The number of anilines is 1. The Bertz CT molecular complexity index is 1870. The van der Waals surface area contributed by atoms with Gasteiger partial charge in [0.05, 0.1) is 29.5 Å². The van der Waals surface area contributed by atoms with Crippen molar-refractivity contribution >= 4 is 52.4 Å². The summed E-state index contributed by atoms with van der Waals surface area (Å²) in [7, 11) is 0. The fourth-order valence-corrected chi connectivity index (χ4v) is 7.27. The first-order chi connectivity index (χ1) is 20.5. The molecule has 2 aliphatic heterocycles. The second-order valence-corrected chi connectivity index (χ2v) is 12.7. The smallest absolute Gasteiger partial charge is 0.271 e. The zero-order valence-corrected chi connectivity index (χ0v) is 25.3. The van der Waals surface area contributed by atoms with Crippen LogP contribution in [0.2, 0.25) is 10.0 Å². The molecule has 0 unspecified atom stereocenters. The van der Waals surface area contributed by atoms with Crippen LogP contribution in [0.4, 0.5) is 5.69 Å². The number of rotatable bonds is 4. The molecule has 0 radical (unpaired) electrons. The summed E-state index contributed by atoms with van der Waals surface area (Å²) in [6.07, 6.45) is 7.01. The predicted molar refractivity (Wildman–Crippen MR) is 172 cm³/mol. The Morgan fingerprint density at radius 3 is 2.19 bits per heavy atom. The number of allylic oxidation sites excluding steroid dienone is 2. The number of benzene rings is 3. The van der Waals surface area contributed by atoms with Crippen molar-refractivity contribution in [1.82, 2.24) is 4.57 Å². The molecule has 1 atom stereocenters. The number of morpholine rings is 1. The quantitative estimate of drug-likeness (QED) is 0.260. The molecule has 4 aromatic rings. The predicted octanol–water partition coefficient (Wildman–Crippen LogP) is 6.63. The van der Waals surface area contributed by atoms with Gasteiger partial charge in [-0.15, -0.1) is 0 Å². The lowest BCUT2D eigenvalue weighted by atomic mass is 9.84. The van der Waals surface area contributed by atoms with Gasteiger partial charge in [-0.25, -0.2) is 4.99 Å². The molecule has 1 saturated heterocycles. The maximum atomic E-state index is 14.0. The lowest BCUT2D eigenvalue weighted by Gasteiger charge is -2.31. The molecule has 0 bridgehead atoms. The van der Waals surface area contributed by atoms with Crippen LogP contribution in [0.5, 0.6) is 0 Å². The van der Waals surface area contributed by atoms with Crippen LogP contribution in [0.25, 0.3) is 12.2 Å². The fraction of sp³-hybridized carbons (Fsp3) is 0.235. The maximum absolute atomic E-state index is 14.0. The minimum atomic E-state index is -0.228. The van der Waals surface area contributed by atoms with Gasteiger partial charge in [0.2, 0.25) is 0 Å². The van der Waals surface area contributed by atoms with Gasteiger partial charge < -0.3 is 9.64 Å². The number of nitrogens with zero attached hydrogens (tertiary/aromatic N) is 3. The average molecular weight is 615 g/mol. The monoisotopic (exact) mass is 613 g/mol. The van der Waals surface area contributed by atoms with Crippen molar-refractivity contribution in [2.45, 2.75) is 25.3 Å². The van der Waals surface area contributed by atoms with E-state index in [0.29, 0.717) is 14.6 Å². The van der Waals surface area contributed by atoms with E-state index in [2.05, 4.69) is 35.2 Å². The first-order valence-electron chi connectivity index (χ1n) is 14.2. The van der Waals surface area contributed by atoms with Gasteiger partial charge in [0.15, 0.2) is 4.80 Å². The molecule has 7 rings (SSSR count). The first kappa shape index (κ1) is 27.4. The van der Waals surface area contributed by atoms with Crippen LogP contribution in [0.15, 0.2) is 99.4 Å². The molecule has 0 amide bonds. The standard InChI is InChI=1S/C34H29Cl2N3O2S/c35-26-10-4-22(5-11-26)20-25-2-1-3-29-31(25)37-34-39(32(29)24-8-12-27(36)13-9-24)33(40)30(42-34)21-23-6-14-28(15-7-23)38-16-18-41-19-17-38/h4-15,20-21,32H,1-3,16-19H2/b25-20+,30-21+/t32-/m0/s1. The molecule has 42 heavy (non-hydrogen) atoms. The molecular formula is C34H29Cl2N3O2S. The highest BCUT2D eigenvalue weighted by Crippen LogP contribution is 2.41. The summed E-state index contributed by atoms with van der Waals surface area (Å²) < 4.78 is 8.05. The van der Waals surface area contributed by atoms with E-state index in [1.54, 1.807) is 0 Å². The molecule has 0 spiro atoms. The van der Waals surface area contributed by atoms with Crippen molar-refractivity contribution in [3.63, 3.8) is 0 Å². The largest absolute Gasteiger partial charge is 0.378 e. The second-order valence-electron chi connectivity index (χ2n) is 10.8. The van der Waals surface area contributed by atoms with Gasteiger partial charge in [0, 0.05) is 28.8 Å². The number of hydrogen-bond donors (Lipinski definition) is 0. The second kappa shape index (κ2) is 11.7. The average Bonchev–Trinajstić information content (AvgIpc) is 3.33. The van der Waals surface area contributed by atoms with E-state index in [4.69, 9.17) is 32.9 Å². The van der Waals surface area contributed by atoms with Crippen molar-refractivity contribution in [2.24, 2.45) is 4.99 Å². The number of aromatic nitrogens is 1. The van der Waals surface area contributed by atoms with Gasteiger partial charge in [-0.05, 0) is 95.6 Å². The summed E-state index contributed by atoms with van der Waals surface area (Å²) in [6, 6.07) is 23.9. The highest BCUT2D eigenvalue weighted by Gasteiger charge is 2.32. The van der Waals surface area contributed by atoms with Crippen LogP contribution in [0.3, 0.4) is 0 Å². The lowest BCUT2D eigenvalue weighted by molar-refractivity contribution is 0.122. The van der Waals surface area contributed by atoms with Gasteiger partial charge in [-0.2, -0.15) is 0 Å². The zero-order valence-electron chi connectivity index (χ0n) is 22.9. The third kappa shape index (κ3) is 5.40. The Labute approximate surface area is 258 Å². The van der Waals surface area contributed by atoms with Crippen LogP contribution in [-0.4, -0.2) is 30.9 Å². The number of halogens is 2. The van der Waals surface area contributed by atoms with E-state index in [0.717, 1.165) is 72.8 Å². The third-order valence-electron chi connectivity index (χ3n) is 8.10. The Morgan fingerprint density at radius 2 is 1.48 bits per heavy atom. The molecule has 1 aromatic heterocycles. The molecule has 5 nitrogen and oxygen atoms in total. The van der Waals surface area contributed by atoms with Crippen LogP contribution < -0.4 is 19.8 Å². The number of thiazole rings is 1. The minimum Gasteiger partial charge on any atom is -0.378 e. The highest BCUT2D eigenvalue weighted by atomic mass is 35.5. The van der Waals surface area contributed by atoms with Crippen molar-refractivity contribution in [2.75, 3.05) is 31.2 Å². The van der Waals surface area contributed by atoms with Gasteiger partial charge in [0.1, 0.15) is 0 Å². The van der Waals surface area contributed by atoms with Crippen LogP contribution in [-0.2, 0) is 4.74 Å². The fourth-order valence-electron chi connectivity index (χ4n) is 6.02. The maximum Gasteiger partial charge on any atom is 0.271 e. The van der Waals surface area contributed by atoms with Crippen LogP contribution >= 0.6 is 34.5 Å². The van der Waals surface area contributed by atoms with Crippen molar-refractivity contribution in [1.29, 1.82) is 0 Å². The van der Waals surface area contributed by atoms with E-state index in [1.807, 2.05) is 59.2 Å². The molecule has 3 aliphatic rings. The normalized spacial score (nSPS) is 20.0. The molecule has 0 saturated carbocycles. The van der Waals surface area contributed by atoms with Crippen molar-refractivity contribution in [3.8, 4) is 0 Å². The summed E-state index contributed by atoms with van der Waals surface area (Å²) in [5.41, 5.74) is 7.64.